The number of benzene rings is 2. The minimum atomic E-state index is -0.603. The fourth-order valence-corrected chi connectivity index (χ4v) is 2.08. The molecule has 0 saturated carbocycles. The van der Waals surface area contributed by atoms with Gasteiger partial charge in [-0.25, -0.2) is 4.79 Å². The summed E-state index contributed by atoms with van der Waals surface area (Å²) in [6.45, 7) is 1.94. The third-order valence-electron chi connectivity index (χ3n) is 3.20. The van der Waals surface area contributed by atoms with E-state index in [1.165, 1.54) is 0 Å². The highest BCUT2D eigenvalue weighted by molar-refractivity contribution is 6.09. The molecule has 3 nitrogen and oxygen atoms in total. The number of carbonyl (C=O) groups is 1. The molecule has 0 aliphatic heterocycles. The highest BCUT2D eigenvalue weighted by atomic mass is 16.4. The van der Waals surface area contributed by atoms with E-state index in [2.05, 4.69) is 0 Å². The first-order valence-corrected chi connectivity index (χ1v) is 6.29. The molecule has 0 radical (unpaired) electrons. The Morgan fingerprint density at radius 1 is 1.00 bits per heavy atom. The van der Waals surface area contributed by atoms with Crippen molar-refractivity contribution < 1.29 is 9.21 Å². The van der Waals surface area contributed by atoms with E-state index < -0.39 is 5.63 Å². The molecule has 0 saturated heterocycles. The van der Waals surface area contributed by atoms with Gasteiger partial charge in [0.25, 0.3) is 0 Å². The summed E-state index contributed by atoms with van der Waals surface area (Å²) in [5, 5.41) is 0.738. The lowest BCUT2D eigenvalue weighted by atomic mass is 10.0. The van der Waals surface area contributed by atoms with Crippen molar-refractivity contribution in [2.24, 2.45) is 0 Å². The van der Waals surface area contributed by atoms with Gasteiger partial charge in [-0.15, -0.1) is 0 Å². The summed E-state index contributed by atoms with van der Waals surface area (Å²) in [6.07, 6.45) is 0. The Balaban J connectivity index is 2.14. The molecule has 0 fully saturated rings. The summed E-state index contributed by atoms with van der Waals surface area (Å²) in [7, 11) is 0. The number of para-hydroxylation sites is 1. The number of ketones is 1. The van der Waals surface area contributed by atoms with Gasteiger partial charge in [0.05, 0.1) is 0 Å². The van der Waals surface area contributed by atoms with Gasteiger partial charge in [-0.05, 0) is 19.1 Å². The lowest BCUT2D eigenvalue weighted by Crippen LogP contribution is -2.14. The second-order valence-electron chi connectivity index (χ2n) is 4.68. The fraction of sp³-hybridized carbons (Fsp3) is 0.0588. The maximum absolute atomic E-state index is 12.4. The minimum absolute atomic E-state index is 0.0625. The molecule has 3 aromatic rings. The van der Waals surface area contributed by atoms with Crippen molar-refractivity contribution in [3.8, 4) is 0 Å². The van der Waals surface area contributed by atoms with Gasteiger partial charge in [0.1, 0.15) is 11.1 Å². The Morgan fingerprint density at radius 3 is 2.45 bits per heavy atom. The van der Waals surface area contributed by atoms with Crippen LogP contribution in [0.1, 0.15) is 21.5 Å². The SMILES string of the molecule is Cc1ccc(C(=O)c2cc3ccccc3oc2=O)cc1. The van der Waals surface area contributed by atoms with Crippen LogP contribution in [0.3, 0.4) is 0 Å². The number of rotatable bonds is 2. The molecule has 0 atom stereocenters. The minimum Gasteiger partial charge on any atom is -0.422 e. The second kappa shape index (κ2) is 4.78. The monoisotopic (exact) mass is 264 g/mol. The number of hydrogen-bond donors (Lipinski definition) is 0. The smallest absolute Gasteiger partial charge is 0.347 e. The van der Waals surface area contributed by atoms with Gasteiger partial charge in [-0.2, -0.15) is 0 Å². The lowest BCUT2D eigenvalue weighted by molar-refractivity contribution is 0.103. The van der Waals surface area contributed by atoms with Crippen molar-refractivity contribution in [1.82, 2.24) is 0 Å². The molecule has 0 aliphatic rings. The molecular formula is C17H12O3. The molecule has 3 heteroatoms. The third kappa shape index (κ3) is 2.14. The van der Waals surface area contributed by atoms with E-state index in [4.69, 9.17) is 4.42 Å². The van der Waals surface area contributed by atoms with E-state index in [0.29, 0.717) is 11.1 Å². The molecule has 0 unspecified atom stereocenters. The fourth-order valence-electron chi connectivity index (χ4n) is 2.08. The first kappa shape index (κ1) is 12.4. The number of fused-ring (bicyclic) bond motifs is 1. The Morgan fingerprint density at radius 2 is 1.70 bits per heavy atom. The van der Waals surface area contributed by atoms with Crippen LogP contribution < -0.4 is 5.63 Å². The van der Waals surface area contributed by atoms with Gasteiger partial charge in [-0.3, -0.25) is 4.79 Å². The molecule has 0 N–H and O–H groups in total. The maximum atomic E-state index is 12.4. The van der Waals surface area contributed by atoms with Crippen LogP contribution in [0.15, 0.2) is 63.8 Å². The zero-order chi connectivity index (χ0) is 14.1. The predicted octanol–water partition coefficient (Wildman–Crippen LogP) is 3.33. The van der Waals surface area contributed by atoms with Crippen LogP contribution in [0.4, 0.5) is 0 Å². The summed E-state index contributed by atoms with van der Waals surface area (Å²) in [5.74, 6) is -0.315. The molecule has 20 heavy (non-hydrogen) atoms. The van der Waals surface area contributed by atoms with Gasteiger partial charge < -0.3 is 4.42 Å². The summed E-state index contributed by atoms with van der Waals surface area (Å²) in [4.78, 5) is 24.3. The zero-order valence-electron chi connectivity index (χ0n) is 10.9. The van der Waals surface area contributed by atoms with Crippen molar-refractivity contribution in [2.75, 3.05) is 0 Å². The van der Waals surface area contributed by atoms with E-state index in [-0.39, 0.29) is 11.3 Å². The van der Waals surface area contributed by atoms with Crippen LogP contribution >= 0.6 is 0 Å². The topological polar surface area (TPSA) is 47.3 Å². The van der Waals surface area contributed by atoms with E-state index in [1.807, 2.05) is 31.2 Å². The number of aryl methyl sites for hydroxylation is 1. The van der Waals surface area contributed by atoms with Gasteiger partial charge in [0, 0.05) is 10.9 Å². The molecule has 3 rings (SSSR count). The van der Waals surface area contributed by atoms with Crippen molar-refractivity contribution in [2.45, 2.75) is 6.92 Å². The summed E-state index contributed by atoms with van der Waals surface area (Å²) >= 11 is 0. The van der Waals surface area contributed by atoms with Crippen molar-refractivity contribution >= 4 is 16.8 Å². The Hall–Kier alpha value is -2.68. The predicted molar refractivity (Wildman–Crippen MR) is 77.1 cm³/mol. The molecule has 1 heterocycles. The van der Waals surface area contributed by atoms with Crippen molar-refractivity contribution in [1.29, 1.82) is 0 Å². The molecule has 0 aliphatic carbocycles. The molecule has 0 bridgehead atoms. The third-order valence-corrected chi connectivity index (χ3v) is 3.20. The van der Waals surface area contributed by atoms with Crippen molar-refractivity contribution in [3.63, 3.8) is 0 Å². The Kier molecular flexibility index (Phi) is 2.95. The van der Waals surface area contributed by atoms with Crippen LogP contribution in [0, 0.1) is 6.92 Å². The molecule has 0 spiro atoms. The first-order valence-electron chi connectivity index (χ1n) is 6.29. The zero-order valence-corrected chi connectivity index (χ0v) is 10.9. The van der Waals surface area contributed by atoms with Gasteiger partial charge in [-0.1, -0.05) is 48.0 Å². The standard InChI is InChI=1S/C17H12O3/c1-11-6-8-12(9-7-11)16(18)14-10-13-4-2-3-5-15(13)20-17(14)19/h2-10H,1H3. The summed E-state index contributed by atoms with van der Waals surface area (Å²) < 4.78 is 5.18. The molecule has 1 aromatic heterocycles. The normalized spacial score (nSPS) is 10.7. The summed E-state index contributed by atoms with van der Waals surface area (Å²) in [5.41, 5.74) is 1.49. The van der Waals surface area contributed by atoms with Gasteiger partial charge in [0.15, 0.2) is 5.78 Å². The lowest BCUT2D eigenvalue weighted by Gasteiger charge is -2.02. The maximum Gasteiger partial charge on any atom is 0.347 e. The number of carbonyl (C=O) groups excluding carboxylic acids is 1. The average molecular weight is 264 g/mol. The van der Waals surface area contributed by atoms with Crippen LogP contribution in [0.5, 0.6) is 0 Å². The quantitative estimate of drug-likeness (QED) is 0.527. The number of hydrogen-bond acceptors (Lipinski definition) is 3. The summed E-state index contributed by atoms with van der Waals surface area (Å²) in [6, 6.07) is 15.8. The van der Waals surface area contributed by atoms with E-state index >= 15 is 0 Å². The van der Waals surface area contributed by atoms with Crippen LogP contribution in [0.25, 0.3) is 11.0 Å². The van der Waals surface area contributed by atoms with E-state index in [9.17, 15) is 9.59 Å². The van der Waals surface area contributed by atoms with Gasteiger partial charge in [0.2, 0.25) is 0 Å². The molecule has 0 amide bonds. The molecule has 98 valence electrons. The highest BCUT2D eigenvalue weighted by Gasteiger charge is 2.15. The second-order valence-corrected chi connectivity index (χ2v) is 4.68. The van der Waals surface area contributed by atoms with Crippen LogP contribution in [0.2, 0.25) is 0 Å². The van der Waals surface area contributed by atoms with Gasteiger partial charge >= 0.3 is 5.63 Å². The van der Waals surface area contributed by atoms with E-state index in [0.717, 1.165) is 10.9 Å². The average Bonchev–Trinajstić information content (AvgIpc) is 2.46. The van der Waals surface area contributed by atoms with Crippen LogP contribution in [-0.4, -0.2) is 5.78 Å². The Labute approximate surface area is 115 Å². The molecular weight excluding hydrogens is 252 g/mol. The van der Waals surface area contributed by atoms with E-state index in [1.54, 1.807) is 30.3 Å². The first-order chi connectivity index (χ1) is 9.65. The molecule has 2 aromatic carbocycles. The highest BCUT2D eigenvalue weighted by Crippen LogP contribution is 2.15. The largest absolute Gasteiger partial charge is 0.422 e. The Bertz CT molecular complexity index is 842. The van der Waals surface area contributed by atoms with Crippen LogP contribution in [-0.2, 0) is 0 Å². The van der Waals surface area contributed by atoms with Crippen molar-refractivity contribution in [3.05, 3.63) is 81.7 Å².